The summed E-state index contributed by atoms with van der Waals surface area (Å²) in [6, 6.07) is 38.4. The van der Waals surface area contributed by atoms with Crippen LogP contribution in [0.1, 0.15) is 72.4 Å². The minimum atomic E-state index is -0.594. The number of benzene rings is 8. The van der Waals surface area contributed by atoms with Gasteiger partial charge in [0.15, 0.2) is 11.6 Å². The number of amides is 5. The van der Waals surface area contributed by atoms with Crippen molar-refractivity contribution in [3.05, 3.63) is 156 Å². The monoisotopic (exact) mass is 1460 g/mol. The molecule has 459 valence electrons. The van der Waals surface area contributed by atoms with Crippen molar-refractivity contribution in [1.82, 2.24) is 25.7 Å². The molecule has 88 heavy (non-hydrogen) atoms. The zero-order chi connectivity index (χ0) is 63.7. The molecule has 0 unspecified atom stereocenters. The molecule has 0 aliphatic heterocycles. The molecule has 10 rings (SSSR count). The summed E-state index contributed by atoms with van der Waals surface area (Å²) in [5, 5.41) is 33.1. The molecule has 0 spiro atoms. The van der Waals surface area contributed by atoms with Crippen LogP contribution in [0.25, 0.3) is 65.6 Å². The second kappa shape index (κ2) is 28.5. The first kappa shape index (κ1) is 66.1. The third-order valence-corrected chi connectivity index (χ3v) is 13.9. The molecule has 18 nitrogen and oxygen atoms in total. The number of carbonyl (C=O) groups is 3. The summed E-state index contributed by atoms with van der Waals surface area (Å²) in [6.45, 7) is 17.6. The van der Waals surface area contributed by atoms with Gasteiger partial charge in [0.25, 0.3) is 0 Å². The average Bonchev–Trinajstić information content (AvgIpc) is 2.18. The first-order valence-corrected chi connectivity index (χ1v) is 37.0. The summed E-state index contributed by atoms with van der Waals surface area (Å²) in [6.07, 6.45) is 0.714. The number of ether oxygens (including phenoxy) is 3. The van der Waals surface area contributed by atoms with Gasteiger partial charge in [-0.3, -0.25) is 10.2 Å². The Kier molecular flexibility index (Phi) is 21.4. The molecule has 0 saturated heterocycles. The number of nitrogens with two attached hydrogens (primary N) is 3. The zero-order valence-electron chi connectivity index (χ0n) is 50.1. The number of hydrogen-bond acceptors (Lipinski definition) is 11. The van der Waals surface area contributed by atoms with E-state index in [-0.39, 0.29) is 16.9 Å². The van der Waals surface area contributed by atoms with Crippen molar-refractivity contribution >= 4 is 136 Å². The number of aryl methyl sites for hydroxylation is 2. The van der Waals surface area contributed by atoms with Gasteiger partial charge in [-0.2, -0.15) is 10.2 Å². The van der Waals surface area contributed by atoms with Crippen LogP contribution < -0.4 is 53.3 Å². The Bertz CT molecular complexity index is 4190. The Morgan fingerprint density at radius 2 is 0.932 bits per heavy atom. The molecule has 0 saturated carbocycles. The standard InChI is InChI=1S/C35H39FN6O4.C30H31FN6O2.2HI.V/c1-20-11-14-25(36)27(19-20)39-32(43)38-26-15-12-22(21-9-7-8-10-23(21)26)24-13-16-28(30-29(24)31(37)42-41-30)45-18-17-35(5,6)40-33(44)46-34(2,3)4;1-17-8-11-22(31)24(16-17)35-29(38)34-23-12-9-19(18-6-4-5-7-20(18)23)21-10-13-25(39-15-14-30(2,3)33)27-26(21)28(32)37-36-27;;;/h7-16,19H,17-18H2,1-6H3,(H,40,44)(H3,37,41,42)(H2,38,39,43);4-13,16H,14-15,33H2,1-3H3,(H3,32,36,37)(H2,34,35,38);2*1H;/q;;;;+2/p-2. The van der Waals surface area contributed by atoms with E-state index in [1.165, 1.54) is 12.1 Å². The van der Waals surface area contributed by atoms with Crippen LogP contribution in [0, 0.1) is 25.5 Å². The van der Waals surface area contributed by atoms with Crippen molar-refractivity contribution in [3.8, 4) is 33.8 Å². The van der Waals surface area contributed by atoms with E-state index >= 15 is 0 Å². The molecule has 23 heteroatoms. The van der Waals surface area contributed by atoms with Crippen LogP contribution in [0.5, 0.6) is 11.5 Å². The summed E-state index contributed by atoms with van der Waals surface area (Å²) in [4.78, 5) is 37.9. The van der Waals surface area contributed by atoms with Gasteiger partial charge < -0.3 is 58.0 Å². The predicted octanol–water partition coefficient (Wildman–Crippen LogP) is 16.5. The fourth-order valence-corrected chi connectivity index (χ4v) is 9.74. The number of hydrogen-bond donors (Lipinski definition) is 10. The number of aromatic nitrogens is 4. The first-order chi connectivity index (χ1) is 41.7. The van der Waals surface area contributed by atoms with Crippen LogP contribution in [-0.4, -0.2) is 68.4 Å². The Morgan fingerprint density at radius 1 is 0.545 bits per heavy atom. The van der Waals surface area contributed by atoms with E-state index in [4.69, 9.17) is 31.4 Å². The first-order valence-electron chi connectivity index (χ1n) is 28.0. The van der Waals surface area contributed by atoms with E-state index in [0.29, 0.717) is 86.5 Å². The number of nitrogens with one attached hydrogen (secondary N) is 7. The quantitative estimate of drug-likeness (QED) is 0.0431. The number of carbonyl (C=O) groups excluding carboxylic acids is 3. The number of urea groups is 2. The number of H-pyrrole nitrogens is 2. The number of anilines is 6. The number of alkyl carbamates (subject to hydrolysis) is 1. The summed E-state index contributed by atoms with van der Waals surface area (Å²) in [5.74, 6) is 0.861. The van der Waals surface area contributed by atoms with E-state index < -0.39 is 40.9 Å². The molecule has 10 aromatic rings. The van der Waals surface area contributed by atoms with Gasteiger partial charge in [-0.15, -0.1) is 0 Å². The third-order valence-electron chi connectivity index (χ3n) is 13.9. The molecule has 8 aromatic carbocycles. The maximum absolute atomic E-state index is 14.3. The van der Waals surface area contributed by atoms with Crippen LogP contribution in [0.3, 0.4) is 0 Å². The van der Waals surface area contributed by atoms with E-state index in [2.05, 4.69) is 86.9 Å². The Hall–Kier alpha value is -7.91. The number of rotatable bonds is 15. The molecular formula is C65H70F2I2N12O6V. The van der Waals surface area contributed by atoms with Gasteiger partial charge in [0.1, 0.15) is 39.8 Å². The van der Waals surface area contributed by atoms with Crippen molar-refractivity contribution in [1.29, 1.82) is 0 Å². The molecule has 2 aromatic heterocycles. The summed E-state index contributed by atoms with van der Waals surface area (Å²) < 4.78 is 46.0. The minimum absolute atomic E-state index is 0.0985. The molecule has 0 fully saturated rings. The normalized spacial score (nSPS) is 11.5. The van der Waals surface area contributed by atoms with Gasteiger partial charge in [0.2, 0.25) is 0 Å². The summed E-state index contributed by atoms with van der Waals surface area (Å²) in [7, 11) is 0.628. The molecule has 2 heterocycles. The van der Waals surface area contributed by atoms with Gasteiger partial charge >= 0.3 is 67.6 Å². The van der Waals surface area contributed by atoms with Crippen molar-refractivity contribution in [2.24, 2.45) is 5.73 Å². The SMILES string of the molecule is Cc1ccc(F)c(NC(=O)Nc2ccc(-c3ccc(OCCC(C)(C)N)c4[nH]nc(N)c34)c3ccccc23)c1.Cc1ccc(F)c(NC(=O)Nc2ccc(-c3ccc(OCCC(C)(C)NC(=O)OC(C)(C)C)c4[nH]nc(N)c34)c3ccccc23)c1.[I][V][I]. The van der Waals surface area contributed by atoms with Crippen LogP contribution in [0.2, 0.25) is 0 Å². The molecular weight excluding hydrogens is 1390 g/mol. The Morgan fingerprint density at radius 3 is 1.34 bits per heavy atom. The number of halogens is 4. The Balaban J connectivity index is 0.000000221. The second-order valence-corrected chi connectivity index (χ2v) is 35.0. The van der Waals surface area contributed by atoms with Crippen molar-refractivity contribution in [2.45, 2.75) is 91.8 Å². The van der Waals surface area contributed by atoms with Crippen molar-refractivity contribution in [3.63, 3.8) is 0 Å². The fraction of sp³-hybridized carbons (Fsp3) is 0.246. The summed E-state index contributed by atoms with van der Waals surface area (Å²) in [5.41, 5.74) is 25.1. The number of nitrogen functional groups attached to an aromatic ring is 2. The molecule has 0 bridgehead atoms. The molecule has 5 amide bonds. The second-order valence-electron chi connectivity index (χ2n) is 23.2. The van der Waals surface area contributed by atoms with Crippen molar-refractivity contribution in [2.75, 3.05) is 45.9 Å². The maximum atomic E-state index is 14.3. The fourth-order valence-electron chi connectivity index (χ4n) is 9.74. The van der Waals surface area contributed by atoms with Crippen molar-refractivity contribution < 1.29 is 46.8 Å². The van der Waals surface area contributed by atoms with Gasteiger partial charge in [-0.25, -0.2) is 23.2 Å². The molecule has 0 radical (unpaired) electrons. The number of nitrogens with zero attached hydrogens (tertiary/aromatic N) is 2. The molecule has 0 aliphatic rings. The van der Waals surface area contributed by atoms with E-state index in [9.17, 15) is 23.2 Å². The van der Waals surface area contributed by atoms with Gasteiger partial charge in [0.05, 0.1) is 46.7 Å². The number of aromatic amines is 2. The predicted molar refractivity (Wildman–Crippen MR) is 364 cm³/mol. The van der Waals surface area contributed by atoms with Gasteiger partial charge in [0, 0.05) is 28.3 Å². The number of fused-ring (bicyclic) bond motifs is 4. The average molecular weight is 1460 g/mol. The van der Waals surface area contributed by atoms with Gasteiger partial charge in [-0.1, -0.05) is 72.8 Å². The van der Waals surface area contributed by atoms with E-state index in [1.807, 2.05) is 153 Å². The molecule has 0 atom stereocenters. The Labute approximate surface area is 537 Å². The van der Waals surface area contributed by atoms with Crippen LogP contribution >= 0.6 is 40.0 Å². The van der Waals surface area contributed by atoms with E-state index in [0.717, 1.165) is 60.3 Å². The van der Waals surface area contributed by atoms with Gasteiger partial charge in [-0.05, 0) is 174 Å². The zero-order valence-corrected chi connectivity index (χ0v) is 55.8. The third kappa shape index (κ3) is 16.8. The van der Waals surface area contributed by atoms with Crippen LogP contribution in [0.15, 0.2) is 133 Å². The summed E-state index contributed by atoms with van der Waals surface area (Å²) >= 11 is 4.74. The van der Waals surface area contributed by atoms with E-state index in [1.54, 1.807) is 30.3 Å². The molecule has 13 N–H and O–H groups in total. The topological polar surface area (TPSA) is 274 Å². The van der Waals surface area contributed by atoms with Crippen LogP contribution in [0.4, 0.5) is 57.5 Å². The van der Waals surface area contributed by atoms with Crippen LogP contribution in [-0.2, 0) is 14.2 Å². The molecule has 0 aliphatic carbocycles.